The minimum atomic E-state index is 0.214. The van der Waals surface area contributed by atoms with Gasteiger partial charge in [0.25, 0.3) is 0 Å². The van der Waals surface area contributed by atoms with Crippen molar-refractivity contribution in [2.24, 2.45) is 5.92 Å². The Morgan fingerprint density at radius 2 is 1.44 bits per heavy atom. The summed E-state index contributed by atoms with van der Waals surface area (Å²) in [6, 6.07) is 0. The van der Waals surface area contributed by atoms with E-state index in [1.165, 1.54) is 0 Å². The van der Waals surface area contributed by atoms with Gasteiger partial charge in [-0.1, -0.05) is 26.7 Å². The number of rotatable bonds is 14. The summed E-state index contributed by atoms with van der Waals surface area (Å²) in [4.78, 5) is 0. The first-order valence-corrected chi connectivity index (χ1v) is 7.19. The molecule has 0 aromatic carbocycles. The first kappa shape index (κ1) is 17.8. The van der Waals surface area contributed by atoms with Gasteiger partial charge in [-0.2, -0.15) is 0 Å². The van der Waals surface area contributed by atoms with Crippen LogP contribution in [0.15, 0.2) is 0 Å². The van der Waals surface area contributed by atoms with Crippen LogP contribution >= 0.6 is 0 Å². The summed E-state index contributed by atoms with van der Waals surface area (Å²) in [5.74, 6) is 0.276. The van der Waals surface area contributed by atoms with Crippen LogP contribution in [0.1, 0.15) is 39.5 Å². The molecule has 1 atom stereocenters. The van der Waals surface area contributed by atoms with Crippen LogP contribution in [0.3, 0.4) is 0 Å². The molecule has 0 rings (SSSR count). The molecule has 0 heterocycles. The van der Waals surface area contributed by atoms with Crippen LogP contribution in [-0.4, -0.2) is 51.4 Å². The minimum Gasteiger partial charge on any atom is -0.396 e. The molecule has 0 amide bonds. The average Bonchev–Trinajstić information content (AvgIpc) is 2.40. The molecule has 0 bridgehead atoms. The van der Waals surface area contributed by atoms with E-state index in [1.807, 2.05) is 0 Å². The molecule has 0 aliphatic carbocycles. The fraction of sp³-hybridized carbons (Fsp3) is 1.00. The SMILES string of the molecule is CCCCC(CO)COCCOCCOCCC. The molecule has 0 saturated carbocycles. The molecule has 1 N–H and O–H groups in total. The summed E-state index contributed by atoms with van der Waals surface area (Å²) in [5, 5.41) is 9.15. The third-order valence-electron chi connectivity index (χ3n) is 2.67. The van der Waals surface area contributed by atoms with Gasteiger partial charge in [0.1, 0.15) is 0 Å². The van der Waals surface area contributed by atoms with Crippen molar-refractivity contribution < 1.29 is 19.3 Å². The van der Waals surface area contributed by atoms with Crippen molar-refractivity contribution >= 4 is 0 Å². The second-order valence-corrected chi connectivity index (χ2v) is 4.49. The van der Waals surface area contributed by atoms with E-state index in [0.29, 0.717) is 33.0 Å². The fourth-order valence-electron chi connectivity index (χ4n) is 1.55. The topological polar surface area (TPSA) is 47.9 Å². The Morgan fingerprint density at radius 1 is 0.833 bits per heavy atom. The van der Waals surface area contributed by atoms with E-state index in [-0.39, 0.29) is 12.5 Å². The molecule has 110 valence electrons. The van der Waals surface area contributed by atoms with Gasteiger partial charge in [0.05, 0.1) is 33.0 Å². The first-order chi connectivity index (χ1) is 8.85. The summed E-state index contributed by atoms with van der Waals surface area (Å²) in [6.45, 7) is 8.37. The Balaban J connectivity index is 3.17. The maximum absolute atomic E-state index is 9.15. The van der Waals surface area contributed by atoms with Gasteiger partial charge in [0.15, 0.2) is 0 Å². The Morgan fingerprint density at radius 3 is 2.00 bits per heavy atom. The van der Waals surface area contributed by atoms with Gasteiger partial charge < -0.3 is 19.3 Å². The van der Waals surface area contributed by atoms with Gasteiger partial charge in [-0.3, -0.25) is 0 Å². The summed E-state index contributed by atoms with van der Waals surface area (Å²) in [6.07, 6.45) is 4.40. The van der Waals surface area contributed by atoms with Crippen molar-refractivity contribution in [2.75, 3.05) is 46.2 Å². The summed E-state index contributed by atoms with van der Waals surface area (Å²) < 4.78 is 16.1. The molecule has 0 aromatic rings. The molecule has 0 radical (unpaired) electrons. The van der Waals surface area contributed by atoms with Crippen molar-refractivity contribution in [1.29, 1.82) is 0 Å². The molecule has 0 saturated heterocycles. The molecule has 4 nitrogen and oxygen atoms in total. The first-order valence-electron chi connectivity index (χ1n) is 7.19. The van der Waals surface area contributed by atoms with Crippen LogP contribution < -0.4 is 0 Å². The molecule has 4 heteroatoms. The van der Waals surface area contributed by atoms with Crippen molar-refractivity contribution in [1.82, 2.24) is 0 Å². The lowest BCUT2D eigenvalue weighted by molar-refractivity contribution is 0.00135. The third kappa shape index (κ3) is 12.3. The van der Waals surface area contributed by atoms with Crippen LogP contribution in [0.4, 0.5) is 0 Å². The largest absolute Gasteiger partial charge is 0.396 e. The Labute approximate surface area is 112 Å². The van der Waals surface area contributed by atoms with Crippen LogP contribution in [0.5, 0.6) is 0 Å². The number of ether oxygens (including phenoxy) is 3. The third-order valence-corrected chi connectivity index (χ3v) is 2.67. The molecular formula is C14H30O4. The zero-order chi connectivity index (χ0) is 13.5. The van der Waals surface area contributed by atoms with Gasteiger partial charge in [-0.25, -0.2) is 0 Å². The van der Waals surface area contributed by atoms with E-state index >= 15 is 0 Å². The highest BCUT2D eigenvalue weighted by atomic mass is 16.5. The van der Waals surface area contributed by atoms with Gasteiger partial charge in [0.2, 0.25) is 0 Å². The van der Waals surface area contributed by atoms with Gasteiger partial charge in [-0.05, 0) is 12.8 Å². The Kier molecular flexibility index (Phi) is 14.8. The van der Waals surface area contributed by atoms with E-state index < -0.39 is 0 Å². The highest BCUT2D eigenvalue weighted by molar-refractivity contribution is 4.56. The predicted octanol–water partition coefficient (Wildman–Crippen LogP) is 2.24. The number of aliphatic hydroxyl groups is 1. The van der Waals surface area contributed by atoms with Crippen LogP contribution in [0.25, 0.3) is 0 Å². The van der Waals surface area contributed by atoms with Crippen LogP contribution in [0.2, 0.25) is 0 Å². The zero-order valence-electron chi connectivity index (χ0n) is 12.0. The van der Waals surface area contributed by atoms with Crippen molar-refractivity contribution in [3.63, 3.8) is 0 Å². The molecule has 0 aromatic heterocycles. The minimum absolute atomic E-state index is 0.214. The average molecular weight is 262 g/mol. The second kappa shape index (κ2) is 14.9. The van der Waals surface area contributed by atoms with Crippen molar-refractivity contribution in [3.05, 3.63) is 0 Å². The van der Waals surface area contributed by atoms with Crippen molar-refractivity contribution in [2.45, 2.75) is 39.5 Å². The number of hydrogen-bond donors (Lipinski definition) is 1. The van der Waals surface area contributed by atoms with Crippen molar-refractivity contribution in [3.8, 4) is 0 Å². The van der Waals surface area contributed by atoms with E-state index in [2.05, 4.69) is 13.8 Å². The predicted molar refractivity (Wildman–Crippen MR) is 72.8 cm³/mol. The van der Waals surface area contributed by atoms with Crippen LogP contribution in [-0.2, 0) is 14.2 Å². The summed E-state index contributed by atoms with van der Waals surface area (Å²) in [7, 11) is 0. The van der Waals surface area contributed by atoms with E-state index in [0.717, 1.165) is 32.3 Å². The lowest BCUT2D eigenvalue weighted by atomic mass is 10.0. The molecular weight excluding hydrogens is 232 g/mol. The lowest BCUT2D eigenvalue weighted by Crippen LogP contribution is -2.16. The van der Waals surface area contributed by atoms with Gasteiger partial charge in [-0.15, -0.1) is 0 Å². The van der Waals surface area contributed by atoms with Crippen LogP contribution in [0, 0.1) is 5.92 Å². The van der Waals surface area contributed by atoms with E-state index in [4.69, 9.17) is 19.3 Å². The summed E-state index contributed by atoms with van der Waals surface area (Å²) in [5.41, 5.74) is 0. The molecule has 1 unspecified atom stereocenters. The monoisotopic (exact) mass is 262 g/mol. The highest BCUT2D eigenvalue weighted by Crippen LogP contribution is 2.07. The normalized spacial score (nSPS) is 12.8. The quantitative estimate of drug-likeness (QED) is 0.488. The number of hydrogen-bond acceptors (Lipinski definition) is 4. The van der Waals surface area contributed by atoms with E-state index in [1.54, 1.807) is 0 Å². The number of aliphatic hydroxyl groups excluding tert-OH is 1. The van der Waals surface area contributed by atoms with Gasteiger partial charge in [0, 0.05) is 19.1 Å². The molecule has 0 aliphatic heterocycles. The maximum atomic E-state index is 9.15. The number of unbranched alkanes of at least 4 members (excludes halogenated alkanes) is 1. The second-order valence-electron chi connectivity index (χ2n) is 4.49. The molecule has 18 heavy (non-hydrogen) atoms. The standard InChI is InChI=1S/C14H30O4/c1-3-5-6-14(12-15)13-18-11-10-17-9-8-16-7-4-2/h14-15H,3-13H2,1-2H3. The smallest absolute Gasteiger partial charge is 0.0701 e. The molecule has 0 aliphatic rings. The maximum Gasteiger partial charge on any atom is 0.0701 e. The Bertz CT molecular complexity index is 153. The lowest BCUT2D eigenvalue weighted by Gasteiger charge is -2.14. The molecule has 0 spiro atoms. The Hall–Kier alpha value is -0.160. The van der Waals surface area contributed by atoms with Gasteiger partial charge >= 0.3 is 0 Å². The summed E-state index contributed by atoms with van der Waals surface area (Å²) >= 11 is 0. The van der Waals surface area contributed by atoms with E-state index in [9.17, 15) is 0 Å². The fourth-order valence-corrected chi connectivity index (χ4v) is 1.55. The highest BCUT2D eigenvalue weighted by Gasteiger charge is 2.06. The zero-order valence-corrected chi connectivity index (χ0v) is 12.0. The molecule has 0 fully saturated rings.